The zero-order valence-electron chi connectivity index (χ0n) is 24.3. The lowest BCUT2D eigenvalue weighted by molar-refractivity contribution is -0.123. The number of ether oxygens (including phenoxy) is 3. The van der Waals surface area contributed by atoms with Crippen molar-refractivity contribution in [1.82, 2.24) is 24.7 Å². The highest BCUT2D eigenvalue weighted by Gasteiger charge is 2.36. The average molecular weight is 592 g/mol. The van der Waals surface area contributed by atoms with Crippen LogP contribution in [-0.4, -0.2) is 70.7 Å². The van der Waals surface area contributed by atoms with Gasteiger partial charge >= 0.3 is 5.69 Å². The monoisotopic (exact) mass is 591 g/mol. The maximum absolute atomic E-state index is 13.5. The van der Waals surface area contributed by atoms with Gasteiger partial charge in [0.2, 0.25) is 0 Å². The second kappa shape index (κ2) is 12.0. The summed E-state index contributed by atoms with van der Waals surface area (Å²) in [6, 6.07) is 10.6. The summed E-state index contributed by atoms with van der Waals surface area (Å²) in [5.41, 5.74) is 0.517. The van der Waals surface area contributed by atoms with Crippen LogP contribution in [0.5, 0.6) is 17.2 Å². The van der Waals surface area contributed by atoms with Gasteiger partial charge in [0.05, 0.1) is 13.2 Å². The van der Waals surface area contributed by atoms with Crippen LogP contribution in [-0.2, 0) is 25.4 Å². The number of carbonyl (C=O) groups excluding carboxylic acids is 3. The third kappa shape index (κ3) is 6.10. The zero-order chi connectivity index (χ0) is 30.8. The Morgan fingerprint density at radius 2 is 1.81 bits per heavy atom. The summed E-state index contributed by atoms with van der Waals surface area (Å²) in [7, 11) is 4.29. The molecule has 1 fully saturated rings. The van der Waals surface area contributed by atoms with E-state index in [1.54, 1.807) is 36.4 Å². The van der Waals surface area contributed by atoms with Gasteiger partial charge < -0.3 is 29.7 Å². The molecule has 1 aromatic heterocycles. The summed E-state index contributed by atoms with van der Waals surface area (Å²) in [5, 5.41) is 5.80. The van der Waals surface area contributed by atoms with Crippen molar-refractivity contribution < 1.29 is 28.6 Å². The standard InChI is InChI=1S/C30H33N5O8/c1-17-5-6-18-11-24(17)42-16-26(36)31-14-19-7-8-20(12-25(19)41-4)43-23-9-10-35(15-21(23)32-28(18)38)29(39)22-13-27(37)34(3)30(40)33(22)2/h5-8,11-13,21,23H,9-10,14-16H2,1-4H3,(H,31,36)(H,32,38)/t21-,23+/m0/s1. The molecule has 43 heavy (non-hydrogen) atoms. The van der Waals surface area contributed by atoms with E-state index in [-0.39, 0.29) is 37.8 Å². The van der Waals surface area contributed by atoms with E-state index < -0.39 is 35.2 Å². The summed E-state index contributed by atoms with van der Waals surface area (Å²) in [4.78, 5) is 65.8. The predicted molar refractivity (Wildman–Crippen MR) is 155 cm³/mol. The number of carbonyl (C=O) groups is 3. The van der Waals surface area contributed by atoms with Crippen molar-refractivity contribution in [3.8, 4) is 17.2 Å². The number of nitrogens with one attached hydrogen (secondary N) is 2. The van der Waals surface area contributed by atoms with Gasteiger partial charge in [-0.3, -0.25) is 28.3 Å². The molecule has 3 amide bonds. The smallest absolute Gasteiger partial charge is 0.331 e. The Hall–Kier alpha value is -5.07. The van der Waals surface area contributed by atoms with Crippen molar-refractivity contribution in [1.29, 1.82) is 0 Å². The number of benzene rings is 2. The van der Waals surface area contributed by atoms with Gasteiger partial charge in [-0.15, -0.1) is 0 Å². The fraction of sp³-hybridized carbons (Fsp3) is 0.367. The molecule has 4 bridgehead atoms. The first-order valence-corrected chi connectivity index (χ1v) is 13.8. The van der Waals surface area contributed by atoms with Crippen LogP contribution in [0.3, 0.4) is 0 Å². The van der Waals surface area contributed by atoms with E-state index in [0.29, 0.717) is 29.2 Å². The topological polar surface area (TPSA) is 150 Å². The minimum Gasteiger partial charge on any atom is -0.496 e. The molecule has 0 spiro atoms. The Balaban J connectivity index is 1.49. The fourth-order valence-electron chi connectivity index (χ4n) is 5.15. The molecular weight excluding hydrogens is 558 g/mol. The van der Waals surface area contributed by atoms with Crippen LogP contribution in [0, 0.1) is 6.92 Å². The Morgan fingerprint density at radius 1 is 1.02 bits per heavy atom. The summed E-state index contributed by atoms with van der Waals surface area (Å²) in [6.45, 7) is 2.08. The van der Waals surface area contributed by atoms with Crippen molar-refractivity contribution >= 4 is 17.7 Å². The molecule has 3 aromatic rings. The Kier molecular flexibility index (Phi) is 8.24. The summed E-state index contributed by atoms with van der Waals surface area (Å²) < 4.78 is 19.7. The SMILES string of the molecule is COc1cc2ccc1CNC(=O)COc1cc(ccc1C)C(=O)N[C@H]1CN(C(=O)c3cc(=O)n(C)c(=O)n3C)CC[C@H]1O2. The molecule has 13 heteroatoms. The molecule has 1 saturated heterocycles. The van der Waals surface area contributed by atoms with Gasteiger partial charge in [0.1, 0.15) is 29.0 Å². The molecule has 2 N–H and O–H groups in total. The number of rotatable bonds is 2. The third-order valence-corrected chi connectivity index (χ3v) is 7.73. The number of aromatic nitrogens is 2. The van der Waals surface area contributed by atoms with Crippen molar-refractivity contribution in [2.75, 3.05) is 26.8 Å². The van der Waals surface area contributed by atoms with Gasteiger partial charge in [0.15, 0.2) is 6.61 Å². The molecule has 226 valence electrons. The number of aryl methyl sites for hydroxylation is 1. The van der Waals surface area contributed by atoms with E-state index in [9.17, 15) is 24.0 Å². The highest BCUT2D eigenvalue weighted by Crippen LogP contribution is 2.28. The van der Waals surface area contributed by atoms with Crippen molar-refractivity contribution in [3.05, 3.63) is 85.7 Å². The molecule has 3 aliphatic heterocycles. The number of nitrogens with zero attached hydrogens (tertiary/aromatic N) is 3. The molecule has 0 radical (unpaired) electrons. The average Bonchev–Trinajstić information content (AvgIpc) is 3.00. The molecule has 0 saturated carbocycles. The van der Waals surface area contributed by atoms with E-state index in [1.807, 2.05) is 6.92 Å². The van der Waals surface area contributed by atoms with Crippen LogP contribution in [0.4, 0.5) is 0 Å². The number of methoxy groups -OCH3 is 1. The number of fused-ring (bicyclic) bond motifs is 7. The van der Waals surface area contributed by atoms with Crippen LogP contribution in [0.2, 0.25) is 0 Å². The lowest BCUT2D eigenvalue weighted by Crippen LogP contribution is -2.58. The number of hydrogen-bond acceptors (Lipinski definition) is 8. The fourth-order valence-corrected chi connectivity index (χ4v) is 5.15. The first kappa shape index (κ1) is 29.4. The van der Waals surface area contributed by atoms with E-state index in [1.165, 1.54) is 26.1 Å². The van der Waals surface area contributed by atoms with Crippen LogP contribution in [0.25, 0.3) is 0 Å². The molecule has 0 aliphatic carbocycles. The van der Waals surface area contributed by atoms with Crippen molar-refractivity contribution in [2.45, 2.75) is 32.0 Å². The number of likely N-dealkylation sites (tertiary alicyclic amines) is 1. The lowest BCUT2D eigenvalue weighted by atomic mass is 10.00. The molecule has 2 aromatic carbocycles. The number of amides is 3. The number of piperidine rings is 1. The Bertz CT molecular complexity index is 1710. The van der Waals surface area contributed by atoms with Crippen LogP contribution >= 0.6 is 0 Å². The number of hydrogen-bond donors (Lipinski definition) is 2. The highest BCUT2D eigenvalue weighted by molar-refractivity contribution is 5.95. The predicted octanol–water partition coefficient (Wildman–Crippen LogP) is 0.502. The van der Waals surface area contributed by atoms with Crippen LogP contribution in [0.1, 0.15) is 38.4 Å². The van der Waals surface area contributed by atoms with Crippen LogP contribution in [0.15, 0.2) is 52.1 Å². The first-order valence-electron chi connectivity index (χ1n) is 13.8. The van der Waals surface area contributed by atoms with Crippen molar-refractivity contribution in [3.63, 3.8) is 0 Å². The van der Waals surface area contributed by atoms with Crippen LogP contribution < -0.4 is 36.1 Å². The second-order valence-corrected chi connectivity index (χ2v) is 10.6. The Labute approximate surface area is 247 Å². The van der Waals surface area contributed by atoms with Gasteiger partial charge in [0.25, 0.3) is 23.3 Å². The van der Waals surface area contributed by atoms with Gasteiger partial charge in [-0.1, -0.05) is 6.07 Å². The zero-order valence-corrected chi connectivity index (χ0v) is 24.3. The van der Waals surface area contributed by atoms with Gasteiger partial charge in [0, 0.05) is 63.4 Å². The quantitative estimate of drug-likeness (QED) is 0.438. The first-order chi connectivity index (χ1) is 20.5. The van der Waals surface area contributed by atoms with Gasteiger partial charge in [-0.2, -0.15) is 0 Å². The molecule has 4 heterocycles. The minimum atomic E-state index is -0.663. The molecule has 2 atom stereocenters. The molecule has 6 rings (SSSR count). The van der Waals surface area contributed by atoms with E-state index >= 15 is 0 Å². The van der Waals surface area contributed by atoms with Gasteiger partial charge in [-0.25, -0.2) is 4.79 Å². The minimum absolute atomic E-state index is 0.0492. The maximum Gasteiger partial charge on any atom is 0.331 e. The highest BCUT2D eigenvalue weighted by atomic mass is 16.5. The van der Waals surface area contributed by atoms with Crippen molar-refractivity contribution in [2.24, 2.45) is 14.1 Å². The third-order valence-electron chi connectivity index (χ3n) is 7.73. The molecular formula is C30H33N5O8. The largest absolute Gasteiger partial charge is 0.496 e. The summed E-state index contributed by atoms with van der Waals surface area (Å²) in [5.74, 6) is 0.0856. The maximum atomic E-state index is 13.5. The van der Waals surface area contributed by atoms with E-state index in [0.717, 1.165) is 26.3 Å². The van der Waals surface area contributed by atoms with Gasteiger partial charge in [-0.05, 0) is 36.8 Å². The normalized spacial score (nSPS) is 18.8. The second-order valence-electron chi connectivity index (χ2n) is 10.6. The molecule has 0 unspecified atom stereocenters. The molecule has 3 aliphatic rings. The lowest BCUT2D eigenvalue weighted by Gasteiger charge is -2.39. The van der Waals surface area contributed by atoms with E-state index in [4.69, 9.17) is 14.2 Å². The summed E-state index contributed by atoms with van der Waals surface area (Å²) >= 11 is 0. The molecule has 13 nitrogen and oxygen atoms in total. The Morgan fingerprint density at radius 3 is 2.58 bits per heavy atom. The summed E-state index contributed by atoms with van der Waals surface area (Å²) in [6.07, 6.45) is -0.190. The van der Waals surface area contributed by atoms with E-state index in [2.05, 4.69) is 10.6 Å².